The van der Waals surface area contributed by atoms with Crippen LogP contribution in [0.15, 0.2) is 14.7 Å². The molecule has 0 unspecified atom stereocenters. The molecular weight excluding hydrogens is 360 g/mol. The van der Waals surface area contributed by atoms with Gasteiger partial charge in [-0.2, -0.15) is 0 Å². The van der Waals surface area contributed by atoms with Gasteiger partial charge in [0.25, 0.3) is 0 Å². The Morgan fingerprint density at radius 3 is 2.65 bits per heavy atom. The molecular formula is C13H21BrN2O2S2. The normalized spacial score (nSPS) is 17.2. The minimum atomic E-state index is -3.39. The summed E-state index contributed by atoms with van der Waals surface area (Å²) in [6.45, 7) is 3.05. The number of rotatable bonds is 6. The van der Waals surface area contributed by atoms with Crippen molar-refractivity contribution in [2.24, 2.45) is 0 Å². The maximum atomic E-state index is 12.2. The maximum absolute atomic E-state index is 12.2. The first kappa shape index (κ1) is 16.4. The molecule has 1 aliphatic carbocycles. The van der Waals surface area contributed by atoms with Crippen molar-refractivity contribution >= 4 is 37.3 Å². The lowest BCUT2D eigenvalue weighted by molar-refractivity contribution is 0.250. The van der Waals surface area contributed by atoms with Gasteiger partial charge in [-0.15, -0.1) is 11.3 Å². The number of aryl methyl sites for hydroxylation is 1. The van der Waals surface area contributed by atoms with Gasteiger partial charge in [0.15, 0.2) is 0 Å². The highest BCUT2D eigenvalue weighted by Crippen LogP contribution is 2.29. The third-order valence-corrected chi connectivity index (χ3v) is 7.11. The molecule has 20 heavy (non-hydrogen) atoms. The fraction of sp³-hybridized carbons (Fsp3) is 0.692. The zero-order chi connectivity index (χ0) is 14.8. The van der Waals surface area contributed by atoms with Crippen LogP contribution in [-0.2, 0) is 10.0 Å². The quantitative estimate of drug-likeness (QED) is 0.824. The average Bonchev–Trinajstić information content (AvgIpc) is 2.98. The van der Waals surface area contributed by atoms with Crippen molar-refractivity contribution in [1.29, 1.82) is 0 Å². The smallest absolute Gasteiger partial charge is 0.241 e. The van der Waals surface area contributed by atoms with E-state index in [9.17, 15) is 8.42 Å². The highest BCUT2D eigenvalue weighted by Gasteiger charge is 2.21. The van der Waals surface area contributed by atoms with Crippen LogP contribution < -0.4 is 4.72 Å². The topological polar surface area (TPSA) is 49.4 Å². The van der Waals surface area contributed by atoms with Gasteiger partial charge in [0.1, 0.15) is 0 Å². The number of hydrogen-bond acceptors (Lipinski definition) is 4. The van der Waals surface area contributed by atoms with Gasteiger partial charge in [0.05, 0.1) is 8.68 Å². The van der Waals surface area contributed by atoms with Crippen molar-refractivity contribution in [2.75, 3.05) is 20.1 Å². The van der Waals surface area contributed by atoms with E-state index in [4.69, 9.17) is 0 Å². The molecule has 1 aliphatic rings. The Bertz CT molecular complexity index is 551. The highest BCUT2D eigenvalue weighted by atomic mass is 79.9. The predicted molar refractivity (Wildman–Crippen MR) is 86.8 cm³/mol. The van der Waals surface area contributed by atoms with Crippen LogP contribution in [0.1, 0.15) is 30.6 Å². The first-order valence-electron chi connectivity index (χ1n) is 6.86. The molecule has 1 aromatic rings. The van der Waals surface area contributed by atoms with Gasteiger partial charge in [-0.05, 0) is 48.8 Å². The van der Waals surface area contributed by atoms with E-state index in [-0.39, 0.29) is 0 Å². The molecule has 0 radical (unpaired) electrons. The Morgan fingerprint density at radius 1 is 1.45 bits per heavy atom. The molecule has 1 aromatic heterocycles. The van der Waals surface area contributed by atoms with Gasteiger partial charge >= 0.3 is 0 Å². The molecule has 1 N–H and O–H groups in total. The van der Waals surface area contributed by atoms with Crippen molar-refractivity contribution in [3.63, 3.8) is 0 Å². The molecule has 0 amide bonds. The van der Waals surface area contributed by atoms with Crippen molar-refractivity contribution in [3.05, 3.63) is 14.7 Å². The largest absolute Gasteiger partial charge is 0.302 e. The standard InChI is InChI=1S/C13H21BrN2O2S2/c1-10-12(9-13(14)19-10)20(17,18)15-7-8-16(2)11-5-3-4-6-11/h9,11,15H,3-8H2,1-2H3. The molecule has 1 saturated carbocycles. The number of likely N-dealkylation sites (N-methyl/N-ethyl adjacent to an activating group) is 1. The van der Waals surface area contributed by atoms with E-state index < -0.39 is 10.0 Å². The molecule has 1 fully saturated rings. The lowest BCUT2D eigenvalue weighted by Gasteiger charge is -2.23. The Labute approximate surface area is 133 Å². The predicted octanol–water partition coefficient (Wildman–Crippen LogP) is 2.97. The molecule has 0 bridgehead atoms. The summed E-state index contributed by atoms with van der Waals surface area (Å²) in [6.07, 6.45) is 5.06. The van der Waals surface area contributed by atoms with Gasteiger partial charge in [-0.25, -0.2) is 13.1 Å². The van der Waals surface area contributed by atoms with Crippen molar-refractivity contribution in [1.82, 2.24) is 9.62 Å². The second-order valence-corrected chi connectivity index (χ2v) is 9.66. The summed E-state index contributed by atoms with van der Waals surface area (Å²) in [5.41, 5.74) is 0. The summed E-state index contributed by atoms with van der Waals surface area (Å²) in [4.78, 5) is 3.47. The summed E-state index contributed by atoms with van der Waals surface area (Å²) < 4.78 is 28.0. The van der Waals surface area contributed by atoms with Crippen LogP contribution in [-0.4, -0.2) is 39.5 Å². The van der Waals surface area contributed by atoms with Crippen LogP contribution in [0.2, 0.25) is 0 Å². The van der Waals surface area contributed by atoms with Crippen LogP contribution in [0.5, 0.6) is 0 Å². The van der Waals surface area contributed by atoms with Gasteiger partial charge in [-0.1, -0.05) is 12.8 Å². The Morgan fingerprint density at radius 2 is 2.10 bits per heavy atom. The SMILES string of the molecule is Cc1sc(Br)cc1S(=O)(=O)NCCN(C)C1CCCC1. The molecule has 114 valence electrons. The van der Waals surface area contributed by atoms with Crippen LogP contribution in [0, 0.1) is 6.92 Å². The summed E-state index contributed by atoms with van der Waals surface area (Å²) >= 11 is 4.77. The van der Waals surface area contributed by atoms with E-state index in [1.807, 2.05) is 6.92 Å². The van der Waals surface area contributed by atoms with E-state index in [0.29, 0.717) is 17.5 Å². The van der Waals surface area contributed by atoms with Crippen LogP contribution >= 0.6 is 27.3 Å². The number of halogens is 1. The van der Waals surface area contributed by atoms with Crippen molar-refractivity contribution < 1.29 is 8.42 Å². The fourth-order valence-corrected chi connectivity index (χ4v) is 6.09. The lowest BCUT2D eigenvalue weighted by Crippen LogP contribution is -2.37. The van der Waals surface area contributed by atoms with Gasteiger partial charge in [-0.3, -0.25) is 0 Å². The second-order valence-electron chi connectivity index (χ2n) is 5.29. The lowest BCUT2D eigenvalue weighted by atomic mass is 10.2. The summed E-state index contributed by atoms with van der Waals surface area (Å²) in [5, 5.41) is 0. The highest BCUT2D eigenvalue weighted by molar-refractivity contribution is 9.11. The first-order chi connectivity index (χ1) is 9.40. The third-order valence-electron chi connectivity index (χ3n) is 3.84. The van der Waals surface area contributed by atoms with E-state index in [1.165, 1.54) is 37.0 Å². The van der Waals surface area contributed by atoms with E-state index in [1.54, 1.807) is 6.07 Å². The summed E-state index contributed by atoms with van der Waals surface area (Å²) in [6, 6.07) is 2.29. The molecule has 0 saturated heterocycles. The second kappa shape index (κ2) is 6.87. The minimum Gasteiger partial charge on any atom is -0.302 e. The monoisotopic (exact) mass is 380 g/mol. The Balaban J connectivity index is 1.88. The number of hydrogen-bond donors (Lipinski definition) is 1. The summed E-state index contributed by atoms with van der Waals surface area (Å²) in [7, 11) is -1.31. The molecule has 0 aliphatic heterocycles. The molecule has 4 nitrogen and oxygen atoms in total. The zero-order valence-electron chi connectivity index (χ0n) is 11.9. The van der Waals surface area contributed by atoms with Crippen molar-refractivity contribution in [2.45, 2.75) is 43.5 Å². The van der Waals surface area contributed by atoms with Crippen LogP contribution in [0.3, 0.4) is 0 Å². The molecule has 7 heteroatoms. The van der Waals surface area contributed by atoms with Gasteiger partial charge in [0, 0.05) is 24.0 Å². The molecule has 0 aromatic carbocycles. The van der Waals surface area contributed by atoms with E-state index >= 15 is 0 Å². The van der Waals surface area contributed by atoms with Gasteiger partial charge in [0.2, 0.25) is 10.0 Å². The number of thiophene rings is 1. The molecule has 0 spiro atoms. The van der Waals surface area contributed by atoms with Crippen molar-refractivity contribution in [3.8, 4) is 0 Å². The van der Waals surface area contributed by atoms with E-state index in [2.05, 4.69) is 32.6 Å². The average molecular weight is 381 g/mol. The fourth-order valence-electron chi connectivity index (χ4n) is 2.66. The molecule has 1 heterocycles. The van der Waals surface area contributed by atoms with Crippen LogP contribution in [0.4, 0.5) is 0 Å². The minimum absolute atomic E-state index is 0.387. The Hall–Kier alpha value is 0.0500. The maximum Gasteiger partial charge on any atom is 0.241 e. The first-order valence-corrected chi connectivity index (χ1v) is 9.95. The number of nitrogens with zero attached hydrogens (tertiary/aromatic N) is 1. The van der Waals surface area contributed by atoms with Gasteiger partial charge < -0.3 is 4.90 Å². The number of sulfonamides is 1. The number of nitrogens with one attached hydrogen (secondary N) is 1. The molecule has 0 atom stereocenters. The van der Waals surface area contributed by atoms with E-state index in [0.717, 1.165) is 15.2 Å². The zero-order valence-corrected chi connectivity index (χ0v) is 15.1. The molecule has 2 rings (SSSR count). The third kappa shape index (κ3) is 4.04. The Kier molecular flexibility index (Phi) is 5.64. The van der Waals surface area contributed by atoms with Crippen LogP contribution in [0.25, 0.3) is 0 Å². The summed E-state index contributed by atoms with van der Waals surface area (Å²) in [5.74, 6) is 0.